The maximum atomic E-state index is 11.3. The number of carbonyl (C=O) groups is 1. The molecule has 19 heavy (non-hydrogen) atoms. The highest BCUT2D eigenvalue weighted by Crippen LogP contribution is 2.44. The monoisotopic (exact) mass is 256 g/mol. The number of benzene rings is 1. The van der Waals surface area contributed by atoms with Crippen molar-refractivity contribution in [3.63, 3.8) is 0 Å². The number of fused-ring (bicyclic) bond motifs is 2. The number of anilines is 1. The third-order valence-electron chi connectivity index (χ3n) is 4.48. The Morgan fingerprint density at radius 1 is 1.47 bits per heavy atom. The van der Waals surface area contributed by atoms with Crippen LogP contribution < -0.4 is 4.90 Å². The van der Waals surface area contributed by atoms with E-state index in [0.29, 0.717) is 11.6 Å². The van der Waals surface area contributed by atoms with Crippen molar-refractivity contribution in [1.82, 2.24) is 0 Å². The molecule has 3 rings (SSSR count). The van der Waals surface area contributed by atoms with Crippen LogP contribution in [0, 0.1) is 24.2 Å². The molecular weight excluding hydrogens is 240 g/mol. The Kier molecular flexibility index (Phi) is 2.70. The van der Waals surface area contributed by atoms with Crippen LogP contribution in [0.1, 0.15) is 30.4 Å². The number of hydrogen-bond acceptors (Lipinski definition) is 3. The van der Waals surface area contributed by atoms with Crippen molar-refractivity contribution in [3.05, 3.63) is 29.3 Å². The Morgan fingerprint density at radius 2 is 2.26 bits per heavy atom. The molecular formula is C15H16N2O2. The second-order valence-electron chi connectivity index (χ2n) is 5.50. The van der Waals surface area contributed by atoms with Gasteiger partial charge in [0.2, 0.25) is 0 Å². The Balaban J connectivity index is 1.94. The van der Waals surface area contributed by atoms with Gasteiger partial charge in [-0.2, -0.15) is 5.26 Å². The smallest absolute Gasteiger partial charge is 0.308 e. The molecule has 98 valence electrons. The van der Waals surface area contributed by atoms with E-state index in [1.165, 1.54) is 0 Å². The highest BCUT2D eigenvalue weighted by atomic mass is 16.4. The fourth-order valence-corrected chi connectivity index (χ4v) is 3.59. The summed E-state index contributed by atoms with van der Waals surface area (Å²) in [6.07, 6.45) is 2.78. The van der Waals surface area contributed by atoms with E-state index in [1.54, 1.807) is 0 Å². The zero-order chi connectivity index (χ0) is 13.6. The van der Waals surface area contributed by atoms with Crippen LogP contribution >= 0.6 is 0 Å². The van der Waals surface area contributed by atoms with Crippen LogP contribution in [0.3, 0.4) is 0 Å². The van der Waals surface area contributed by atoms with Gasteiger partial charge in [-0.15, -0.1) is 0 Å². The van der Waals surface area contributed by atoms with Crippen molar-refractivity contribution in [2.45, 2.75) is 38.3 Å². The van der Waals surface area contributed by atoms with Crippen LogP contribution in [0.5, 0.6) is 0 Å². The SMILES string of the molecule is Cc1cc(N2C3CCC2C(C(=O)O)C3)ccc1C#N. The van der Waals surface area contributed by atoms with E-state index in [1.807, 2.05) is 25.1 Å². The van der Waals surface area contributed by atoms with E-state index in [2.05, 4.69) is 11.0 Å². The van der Waals surface area contributed by atoms with Crippen LogP contribution in [-0.2, 0) is 4.79 Å². The summed E-state index contributed by atoms with van der Waals surface area (Å²) in [5.41, 5.74) is 2.70. The third-order valence-corrected chi connectivity index (χ3v) is 4.48. The van der Waals surface area contributed by atoms with Gasteiger partial charge in [0.15, 0.2) is 0 Å². The number of carboxylic acid groups (broad SMARTS) is 1. The van der Waals surface area contributed by atoms with E-state index in [9.17, 15) is 9.90 Å². The summed E-state index contributed by atoms with van der Waals surface area (Å²) in [7, 11) is 0. The van der Waals surface area contributed by atoms with Gasteiger partial charge in [0.25, 0.3) is 0 Å². The van der Waals surface area contributed by atoms with E-state index in [-0.39, 0.29) is 12.0 Å². The Bertz CT molecular complexity index is 576. The number of aliphatic carboxylic acids is 1. The average molecular weight is 256 g/mol. The second-order valence-corrected chi connectivity index (χ2v) is 5.50. The molecule has 0 aromatic heterocycles. The number of carboxylic acids is 1. The van der Waals surface area contributed by atoms with Crippen molar-refractivity contribution < 1.29 is 9.90 Å². The zero-order valence-electron chi connectivity index (χ0n) is 10.8. The highest BCUT2D eigenvalue weighted by molar-refractivity contribution is 5.74. The second kappa shape index (κ2) is 4.27. The van der Waals surface area contributed by atoms with Crippen LogP contribution in [0.25, 0.3) is 0 Å². The summed E-state index contributed by atoms with van der Waals surface area (Å²) in [6.45, 7) is 1.93. The maximum absolute atomic E-state index is 11.3. The molecule has 4 heteroatoms. The Labute approximate surface area is 112 Å². The van der Waals surface area contributed by atoms with E-state index in [4.69, 9.17) is 5.26 Å². The largest absolute Gasteiger partial charge is 0.481 e. The van der Waals surface area contributed by atoms with Crippen molar-refractivity contribution in [2.24, 2.45) is 5.92 Å². The number of hydrogen-bond donors (Lipinski definition) is 1. The first kappa shape index (κ1) is 12.0. The first-order valence-electron chi connectivity index (χ1n) is 6.63. The maximum Gasteiger partial charge on any atom is 0.308 e. The predicted octanol–water partition coefficient (Wildman–Crippen LogP) is 2.31. The van der Waals surface area contributed by atoms with Crippen LogP contribution in [0.2, 0.25) is 0 Å². The fourth-order valence-electron chi connectivity index (χ4n) is 3.59. The molecule has 3 atom stereocenters. The number of aryl methyl sites for hydroxylation is 1. The van der Waals surface area contributed by atoms with E-state index in [0.717, 1.165) is 30.5 Å². The summed E-state index contributed by atoms with van der Waals surface area (Å²) in [5, 5.41) is 18.2. The van der Waals surface area contributed by atoms with Gasteiger partial charge < -0.3 is 10.0 Å². The van der Waals surface area contributed by atoms with Gasteiger partial charge >= 0.3 is 5.97 Å². The first-order valence-corrected chi connectivity index (χ1v) is 6.63. The number of nitriles is 1. The van der Waals surface area contributed by atoms with E-state index < -0.39 is 5.97 Å². The van der Waals surface area contributed by atoms with Gasteiger partial charge in [0.05, 0.1) is 17.6 Å². The fraction of sp³-hybridized carbons (Fsp3) is 0.467. The lowest BCUT2D eigenvalue weighted by molar-refractivity contribution is -0.142. The quantitative estimate of drug-likeness (QED) is 0.881. The molecule has 3 unspecified atom stereocenters. The predicted molar refractivity (Wildman–Crippen MR) is 70.9 cm³/mol. The molecule has 2 aliphatic rings. The Morgan fingerprint density at radius 3 is 2.84 bits per heavy atom. The van der Waals surface area contributed by atoms with Gasteiger partial charge in [-0.3, -0.25) is 4.79 Å². The Hall–Kier alpha value is -2.02. The topological polar surface area (TPSA) is 64.3 Å². The molecule has 0 amide bonds. The molecule has 2 fully saturated rings. The average Bonchev–Trinajstić information content (AvgIpc) is 2.96. The molecule has 0 aliphatic carbocycles. The van der Waals surface area contributed by atoms with Crippen molar-refractivity contribution in [2.75, 3.05) is 4.90 Å². The van der Waals surface area contributed by atoms with Gasteiger partial charge in [0, 0.05) is 17.8 Å². The summed E-state index contributed by atoms with van der Waals surface area (Å²) in [4.78, 5) is 13.5. The van der Waals surface area contributed by atoms with Gasteiger partial charge in [0.1, 0.15) is 0 Å². The molecule has 2 aliphatic heterocycles. The standard InChI is InChI=1S/C15H16N2O2/c1-9-6-11(3-2-10(9)8-16)17-12-4-5-14(17)13(7-12)15(18)19/h2-3,6,12-14H,4-5,7H2,1H3,(H,18,19). The summed E-state index contributed by atoms with van der Waals surface area (Å²) in [5.74, 6) is -0.919. The summed E-state index contributed by atoms with van der Waals surface area (Å²) < 4.78 is 0. The lowest BCUT2D eigenvalue weighted by atomic mass is 9.89. The minimum absolute atomic E-state index is 0.120. The van der Waals surface area contributed by atoms with Crippen LogP contribution in [-0.4, -0.2) is 23.2 Å². The molecule has 0 radical (unpaired) electrons. The number of nitrogens with zero attached hydrogens (tertiary/aromatic N) is 2. The lowest BCUT2D eigenvalue weighted by Crippen LogP contribution is -2.32. The van der Waals surface area contributed by atoms with Gasteiger partial charge in [-0.25, -0.2) is 0 Å². The number of rotatable bonds is 2. The van der Waals surface area contributed by atoms with Crippen molar-refractivity contribution >= 4 is 11.7 Å². The minimum atomic E-state index is -0.678. The van der Waals surface area contributed by atoms with Crippen molar-refractivity contribution in [1.29, 1.82) is 5.26 Å². The normalized spacial score (nSPS) is 28.4. The minimum Gasteiger partial charge on any atom is -0.481 e. The molecule has 1 aromatic rings. The molecule has 1 aromatic carbocycles. The lowest BCUT2D eigenvalue weighted by Gasteiger charge is -2.25. The molecule has 4 nitrogen and oxygen atoms in total. The zero-order valence-corrected chi connectivity index (χ0v) is 10.8. The van der Waals surface area contributed by atoms with Gasteiger partial charge in [-0.1, -0.05) is 0 Å². The summed E-state index contributed by atoms with van der Waals surface area (Å²) in [6, 6.07) is 8.42. The van der Waals surface area contributed by atoms with Crippen LogP contribution in [0.15, 0.2) is 18.2 Å². The molecule has 2 saturated heterocycles. The molecule has 2 bridgehead atoms. The first-order chi connectivity index (χ1) is 9.11. The van der Waals surface area contributed by atoms with Crippen LogP contribution in [0.4, 0.5) is 5.69 Å². The van der Waals surface area contributed by atoms with Crippen molar-refractivity contribution in [3.8, 4) is 6.07 Å². The molecule has 1 N–H and O–H groups in total. The van der Waals surface area contributed by atoms with Gasteiger partial charge in [-0.05, 0) is 49.9 Å². The third kappa shape index (κ3) is 1.77. The highest BCUT2D eigenvalue weighted by Gasteiger charge is 2.49. The molecule has 0 spiro atoms. The molecule has 2 heterocycles. The summed E-state index contributed by atoms with van der Waals surface area (Å²) >= 11 is 0. The molecule has 0 saturated carbocycles. The van der Waals surface area contributed by atoms with E-state index >= 15 is 0 Å².